The van der Waals surface area contributed by atoms with Crippen LogP contribution >= 0.6 is 11.3 Å². The van der Waals surface area contributed by atoms with Gasteiger partial charge in [-0.05, 0) is 61.5 Å². The maximum absolute atomic E-state index is 14.7. The third-order valence-electron chi connectivity index (χ3n) is 7.37. The molecule has 2 heterocycles. The smallest absolute Gasteiger partial charge is 0.393 e. The van der Waals surface area contributed by atoms with E-state index in [-0.39, 0.29) is 17.4 Å². The molecule has 2 fully saturated rings. The Bertz CT molecular complexity index is 1590. The SMILES string of the molecule is COc1cc([S@](=N)(=O)C2CC2)ccc1NCC#Cc1sc2c(N[C@H]3CCN(C)C[C@@H]3F)cccc2c1CC(F)(F)F. The number of ether oxygens (including phenoxy) is 1. The minimum Gasteiger partial charge on any atom is -0.495 e. The number of rotatable bonds is 8. The van der Waals surface area contributed by atoms with Crippen molar-refractivity contribution in [1.82, 2.24) is 4.90 Å². The van der Waals surface area contributed by atoms with E-state index in [1.807, 2.05) is 11.9 Å². The summed E-state index contributed by atoms with van der Waals surface area (Å²) >= 11 is 1.17. The molecule has 0 amide bonds. The summed E-state index contributed by atoms with van der Waals surface area (Å²) in [5.41, 5.74) is 1.30. The van der Waals surface area contributed by atoms with Crippen molar-refractivity contribution in [3.05, 3.63) is 46.8 Å². The van der Waals surface area contributed by atoms with Crippen LogP contribution in [0.3, 0.4) is 0 Å². The fourth-order valence-corrected chi connectivity index (χ4v) is 7.95. The molecule has 2 aromatic carbocycles. The minimum atomic E-state index is -4.42. The first kappa shape index (κ1) is 29.5. The first-order chi connectivity index (χ1) is 19.5. The summed E-state index contributed by atoms with van der Waals surface area (Å²) in [5.74, 6) is 6.26. The number of thiophene rings is 1. The number of hydrogen-bond donors (Lipinski definition) is 3. The van der Waals surface area contributed by atoms with Crippen LogP contribution in [0, 0.1) is 16.6 Å². The summed E-state index contributed by atoms with van der Waals surface area (Å²) in [6.45, 7) is 1.16. The largest absolute Gasteiger partial charge is 0.495 e. The van der Waals surface area contributed by atoms with Crippen LogP contribution < -0.4 is 15.4 Å². The van der Waals surface area contributed by atoms with Crippen LogP contribution in [0.1, 0.15) is 29.7 Å². The van der Waals surface area contributed by atoms with Gasteiger partial charge in [0.05, 0.1) is 61.7 Å². The fourth-order valence-electron chi connectivity index (χ4n) is 5.04. The van der Waals surface area contributed by atoms with Crippen molar-refractivity contribution in [3.8, 4) is 17.6 Å². The van der Waals surface area contributed by atoms with E-state index in [2.05, 4.69) is 22.5 Å². The standard InChI is InChI=1S/C29H32F4N4O2S2/c1-37-14-12-23(22(30)17-37)36-25-6-3-5-20-21(16-29(31,32)33)27(40-28(20)25)7-4-13-35-24-11-10-19(15-26(24)39-2)41(34,38)18-8-9-18/h3,5-6,10-11,15,18,22-23,34-36H,8-9,12-14,16-17H2,1-2H3/t22-,23-,41+/m0/s1. The van der Waals surface area contributed by atoms with E-state index in [0.717, 1.165) is 19.4 Å². The average Bonchev–Trinajstić information content (AvgIpc) is 3.72. The topological polar surface area (TPSA) is 77.4 Å². The molecule has 12 heteroatoms. The second-order valence-electron chi connectivity index (χ2n) is 10.5. The first-order valence-electron chi connectivity index (χ1n) is 13.3. The molecule has 1 aromatic heterocycles. The second kappa shape index (κ2) is 11.7. The van der Waals surface area contributed by atoms with E-state index < -0.39 is 34.5 Å². The minimum absolute atomic E-state index is 0.112. The Kier molecular flexibility index (Phi) is 8.41. The van der Waals surface area contributed by atoms with Crippen molar-refractivity contribution < 1.29 is 26.5 Å². The molecule has 2 aliphatic rings. The summed E-state index contributed by atoms with van der Waals surface area (Å²) < 4.78 is 82.5. The van der Waals surface area contributed by atoms with Crippen LogP contribution in [0.4, 0.5) is 28.9 Å². The molecule has 3 aromatic rings. The zero-order chi connectivity index (χ0) is 29.4. The fraction of sp³-hybridized carbons (Fsp3) is 0.448. The lowest BCUT2D eigenvalue weighted by Crippen LogP contribution is -2.46. The number of anilines is 2. The molecule has 1 saturated carbocycles. The van der Waals surface area contributed by atoms with Gasteiger partial charge in [0, 0.05) is 18.3 Å². The first-order valence-corrected chi connectivity index (χ1v) is 15.8. The zero-order valence-electron chi connectivity index (χ0n) is 22.7. The molecule has 0 bridgehead atoms. The number of hydrogen-bond acceptors (Lipinski definition) is 7. The van der Waals surface area contributed by atoms with Gasteiger partial charge in [-0.25, -0.2) is 13.4 Å². The van der Waals surface area contributed by atoms with Crippen LogP contribution in [0.25, 0.3) is 10.1 Å². The Morgan fingerprint density at radius 3 is 2.66 bits per heavy atom. The molecular formula is C29H32F4N4O2S2. The third-order valence-corrected chi connectivity index (χ3v) is 10.9. The van der Waals surface area contributed by atoms with Crippen LogP contribution in [-0.4, -0.2) is 66.5 Å². The number of nitrogens with one attached hydrogen (secondary N) is 3. The second-order valence-corrected chi connectivity index (χ2v) is 13.9. The van der Waals surface area contributed by atoms with Crippen LogP contribution in [0.15, 0.2) is 41.3 Å². The molecule has 0 spiro atoms. The van der Waals surface area contributed by atoms with Gasteiger partial charge in [-0.15, -0.1) is 11.3 Å². The van der Waals surface area contributed by atoms with E-state index in [4.69, 9.17) is 9.52 Å². The van der Waals surface area contributed by atoms with Crippen LogP contribution in [-0.2, 0) is 16.1 Å². The quantitative estimate of drug-likeness (QED) is 0.201. The molecule has 0 radical (unpaired) electrons. The molecule has 6 nitrogen and oxygen atoms in total. The molecular weight excluding hydrogens is 576 g/mol. The number of methoxy groups -OCH3 is 1. The number of likely N-dealkylation sites (tertiary alicyclic amines) is 1. The van der Waals surface area contributed by atoms with Crippen molar-refractivity contribution in [2.24, 2.45) is 0 Å². The van der Waals surface area contributed by atoms with E-state index in [1.165, 1.54) is 18.4 Å². The molecule has 1 aliphatic carbocycles. The van der Waals surface area contributed by atoms with E-state index in [1.54, 1.807) is 36.4 Å². The molecule has 3 atom stereocenters. The Morgan fingerprint density at radius 1 is 1.20 bits per heavy atom. The Morgan fingerprint density at radius 2 is 1.98 bits per heavy atom. The summed E-state index contributed by atoms with van der Waals surface area (Å²) in [6, 6.07) is 9.61. The Labute approximate surface area is 241 Å². The Hall–Kier alpha value is -3.01. The van der Waals surface area contributed by atoms with Gasteiger partial charge in [-0.2, -0.15) is 13.2 Å². The van der Waals surface area contributed by atoms with Gasteiger partial charge in [-0.1, -0.05) is 24.0 Å². The summed E-state index contributed by atoms with van der Waals surface area (Å²) in [4.78, 5) is 2.65. The van der Waals surface area contributed by atoms with Gasteiger partial charge in [0.25, 0.3) is 0 Å². The Balaban J connectivity index is 1.38. The maximum Gasteiger partial charge on any atom is 0.393 e. The number of nitrogens with zero attached hydrogens (tertiary/aromatic N) is 1. The molecule has 0 unspecified atom stereocenters. The van der Waals surface area contributed by atoms with Crippen molar-refractivity contribution in [3.63, 3.8) is 0 Å². The summed E-state index contributed by atoms with van der Waals surface area (Å²) in [5, 5.41) is 6.69. The lowest BCUT2D eigenvalue weighted by molar-refractivity contribution is -0.126. The highest BCUT2D eigenvalue weighted by Gasteiger charge is 2.34. The van der Waals surface area contributed by atoms with Gasteiger partial charge in [0.15, 0.2) is 0 Å². The van der Waals surface area contributed by atoms with Gasteiger partial charge < -0.3 is 20.3 Å². The van der Waals surface area contributed by atoms with Crippen molar-refractivity contribution in [1.29, 1.82) is 4.78 Å². The molecule has 5 rings (SSSR count). The average molecular weight is 609 g/mol. The van der Waals surface area contributed by atoms with E-state index in [0.29, 0.717) is 49.9 Å². The maximum atomic E-state index is 14.7. The number of piperidine rings is 1. The zero-order valence-corrected chi connectivity index (χ0v) is 24.4. The van der Waals surface area contributed by atoms with Crippen molar-refractivity contribution in [2.45, 2.75) is 54.2 Å². The highest BCUT2D eigenvalue weighted by molar-refractivity contribution is 7.93. The summed E-state index contributed by atoms with van der Waals surface area (Å²) in [7, 11) is 0.455. The predicted octanol–water partition coefficient (Wildman–Crippen LogP) is 6.50. The highest BCUT2D eigenvalue weighted by Crippen LogP contribution is 2.40. The predicted molar refractivity (Wildman–Crippen MR) is 157 cm³/mol. The molecule has 1 aliphatic heterocycles. The number of fused-ring (bicyclic) bond motifs is 1. The normalized spacial score (nSPS) is 21.1. The van der Waals surface area contributed by atoms with Gasteiger partial charge in [0.2, 0.25) is 0 Å². The highest BCUT2D eigenvalue weighted by atomic mass is 32.2. The number of halogens is 4. The molecule has 1 saturated heterocycles. The van der Waals surface area contributed by atoms with Crippen molar-refractivity contribution in [2.75, 3.05) is 44.4 Å². The molecule has 3 N–H and O–H groups in total. The van der Waals surface area contributed by atoms with Gasteiger partial charge in [0.1, 0.15) is 11.9 Å². The molecule has 220 valence electrons. The van der Waals surface area contributed by atoms with Crippen LogP contribution in [0.5, 0.6) is 5.75 Å². The third kappa shape index (κ3) is 6.74. The van der Waals surface area contributed by atoms with Gasteiger partial charge in [-0.3, -0.25) is 0 Å². The van der Waals surface area contributed by atoms with Crippen molar-refractivity contribution >= 4 is 42.5 Å². The summed E-state index contributed by atoms with van der Waals surface area (Å²) in [6.07, 6.45) is -4.47. The number of benzene rings is 2. The monoisotopic (exact) mass is 608 g/mol. The lowest BCUT2D eigenvalue weighted by Gasteiger charge is -2.33. The van der Waals surface area contributed by atoms with Gasteiger partial charge >= 0.3 is 6.18 Å². The van der Waals surface area contributed by atoms with Crippen LogP contribution in [0.2, 0.25) is 0 Å². The van der Waals surface area contributed by atoms with E-state index >= 15 is 0 Å². The van der Waals surface area contributed by atoms with E-state index in [9.17, 15) is 21.8 Å². The number of alkyl halides is 4. The lowest BCUT2D eigenvalue weighted by atomic mass is 10.0. The molecule has 41 heavy (non-hydrogen) atoms.